The summed E-state index contributed by atoms with van der Waals surface area (Å²) in [6, 6.07) is 6.03. The molecular weight excluding hydrogens is 245 g/mol. The Morgan fingerprint density at radius 1 is 1.53 bits per heavy atom. The van der Waals surface area contributed by atoms with Gasteiger partial charge in [-0.15, -0.1) is 11.8 Å². The predicted octanol–water partition coefficient (Wildman–Crippen LogP) is 0.150. The molecule has 1 fully saturated rings. The third-order valence-electron chi connectivity index (χ3n) is 2.44. The third kappa shape index (κ3) is 2.41. The molecule has 1 aromatic rings. The fraction of sp³-hybridized carbons (Fsp3) is 0.273. The summed E-state index contributed by atoms with van der Waals surface area (Å²) in [7, 11) is 0. The van der Waals surface area contributed by atoms with Gasteiger partial charge >= 0.3 is 0 Å². The first-order valence-corrected chi connectivity index (χ1v) is 6.00. The van der Waals surface area contributed by atoms with Gasteiger partial charge in [0.25, 0.3) is 0 Å². The Kier molecular flexibility index (Phi) is 3.33. The third-order valence-corrected chi connectivity index (χ3v) is 3.68. The molecule has 90 valence electrons. The highest BCUT2D eigenvalue weighted by atomic mass is 32.2. The number of carboxylic acids is 1. The lowest BCUT2D eigenvalue weighted by atomic mass is 10.2. The second kappa shape index (κ2) is 4.75. The first kappa shape index (κ1) is 11.9. The maximum Gasteiger partial charge on any atom is 0.234 e. The van der Waals surface area contributed by atoms with Crippen molar-refractivity contribution in [2.24, 2.45) is 0 Å². The standard InChI is InChI=1S/C11H10FNO3S/c12-8-4-2-1-3-7(8)11-13(5-10(15)16)9(14)6-17-11/h1-4,11H,5-6H2,(H,15,16)/p-1/t11-/m0/s1. The highest BCUT2D eigenvalue weighted by Gasteiger charge is 2.34. The van der Waals surface area contributed by atoms with Crippen LogP contribution in [0.4, 0.5) is 4.39 Å². The van der Waals surface area contributed by atoms with Crippen LogP contribution in [0.5, 0.6) is 0 Å². The van der Waals surface area contributed by atoms with Crippen LogP contribution >= 0.6 is 11.8 Å². The van der Waals surface area contributed by atoms with E-state index in [-0.39, 0.29) is 11.7 Å². The van der Waals surface area contributed by atoms with E-state index in [1.807, 2.05) is 0 Å². The van der Waals surface area contributed by atoms with Gasteiger partial charge in [-0.2, -0.15) is 0 Å². The summed E-state index contributed by atoms with van der Waals surface area (Å²) in [5.74, 6) is -1.94. The minimum absolute atomic E-state index is 0.159. The zero-order chi connectivity index (χ0) is 12.4. The van der Waals surface area contributed by atoms with E-state index in [9.17, 15) is 19.1 Å². The number of halogens is 1. The van der Waals surface area contributed by atoms with Gasteiger partial charge in [0.15, 0.2) is 0 Å². The van der Waals surface area contributed by atoms with Crippen molar-refractivity contribution in [3.8, 4) is 0 Å². The van der Waals surface area contributed by atoms with Gasteiger partial charge in [0, 0.05) is 5.56 Å². The summed E-state index contributed by atoms with van der Waals surface area (Å²) in [5.41, 5.74) is 0.324. The minimum atomic E-state index is -1.35. The van der Waals surface area contributed by atoms with Crippen molar-refractivity contribution in [3.63, 3.8) is 0 Å². The molecule has 17 heavy (non-hydrogen) atoms. The highest BCUT2D eigenvalue weighted by molar-refractivity contribution is 8.00. The molecule has 0 spiro atoms. The smallest absolute Gasteiger partial charge is 0.234 e. The fourth-order valence-electron chi connectivity index (χ4n) is 1.70. The molecule has 1 amide bonds. The number of amides is 1. The molecule has 1 heterocycles. The minimum Gasteiger partial charge on any atom is -0.548 e. The van der Waals surface area contributed by atoms with Crippen LogP contribution < -0.4 is 5.11 Å². The van der Waals surface area contributed by atoms with E-state index in [0.717, 1.165) is 4.90 Å². The van der Waals surface area contributed by atoms with Crippen molar-refractivity contribution in [3.05, 3.63) is 35.6 Å². The van der Waals surface area contributed by atoms with Gasteiger partial charge in [0.2, 0.25) is 5.91 Å². The van der Waals surface area contributed by atoms with Crippen molar-refractivity contribution < 1.29 is 19.1 Å². The quantitative estimate of drug-likeness (QED) is 0.770. The van der Waals surface area contributed by atoms with E-state index < -0.39 is 23.7 Å². The van der Waals surface area contributed by atoms with Crippen molar-refractivity contribution >= 4 is 23.6 Å². The van der Waals surface area contributed by atoms with E-state index in [1.54, 1.807) is 18.2 Å². The summed E-state index contributed by atoms with van der Waals surface area (Å²) < 4.78 is 13.6. The van der Waals surface area contributed by atoms with Crippen LogP contribution in [0.3, 0.4) is 0 Å². The molecule has 0 radical (unpaired) electrons. The summed E-state index contributed by atoms with van der Waals surface area (Å²) in [4.78, 5) is 23.2. The number of rotatable bonds is 3. The van der Waals surface area contributed by atoms with E-state index >= 15 is 0 Å². The average molecular weight is 254 g/mol. The average Bonchev–Trinajstić information content (AvgIpc) is 2.61. The van der Waals surface area contributed by atoms with Crippen LogP contribution in [0, 0.1) is 5.82 Å². The van der Waals surface area contributed by atoms with Crippen molar-refractivity contribution in [2.75, 3.05) is 12.3 Å². The summed E-state index contributed by atoms with van der Waals surface area (Å²) >= 11 is 1.21. The molecule has 0 aromatic heterocycles. The van der Waals surface area contributed by atoms with E-state index in [0.29, 0.717) is 5.56 Å². The number of carbonyl (C=O) groups excluding carboxylic acids is 2. The molecule has 4 nitrogen and oxygen atoms in total. The van der Waals surface area contributed by atoms with Crippen LogP contribution in [0.25, 0.3) is 0 Å². The Labute approximate surface area is 101 Å². The Hall–Kier alpha value is -1.56. The number of carboxylic acid groups (broad SMARTS) is 1. The second-order valence-corrected chi connectivity index (χ2v) is 4.65. The van der Waals surface area contributed by atoms with Crippen molar-refractivity contribution in [1.29, 1.82) is 0 Å². The van der Waals surface area contributed by atoms with Gasteiger partial charge in [-0.1, -0.05) is 18.2 Å². The van der Waals surface area contributed by atoms with Crippen LogP contribution in [-0.2, 0) is 9.59 Å². The Balaban J connectivity index is 2.28. The van der Waals surface area contributed by atoms with Gasteiger partial charge in [-0.05, 0) is 6.07 Å². The molecule has 0 N–H and O–H groups in total. The number of hydrogen-bond acceptors (Lipinski definition) is 4. The largest absolute Gasteiger partial charge is 0.548 e. The van der Waals surface area contributed by atoms with Gasteiger partial charge in [0.1, 0.15) is 11.2 Å². The number of carbonyl (C=O) groups is 2. The molecule has 6 heteroatoms. The predicted molar refractivity (Wildman–Crippen MR) is 58.3 cm³/mol. The lowest BCUT2D eigenvalue weighted by molar-refractivity contribution is -0.306. The fourth-order valence-corrected chi connectivity index (χ4v) is 2.91. The van der Waals surface area contributed by atoms with Gasteiger partial charge in [-0.25, -0.2) is 4.39 Å². The number of aliphatic carboxylic acids is 1. The number of benzene rings is 1. The lowest BCUT2D eigenvalue weighted by Gasteiger charge is -2.24. The van der Waals surface area contributed by atoms with Crippen molar-refractivity contribution in [2.45, 2.75) is 5.37 Å². The van der Waals surface area contributed by atoms with Crippen LogP contribution in [0.2, 0.25) is 0 Å². The van der Waals surface area contributed by atoms with Crippen LogP contribution in [0.15, 0.2) is 24.3 Å². The normalized spacial score (nSPS) is 19.7. The summed E-state index contributed by atoms with van der Waals surface area (Å²) in [6.07, 6.45) is 0. The molecular formula is C11H9FNO3S-. The van der Waals surface area contributed by atoms with E-state index in [1.165, 1.54) is 17.8 Å². The maximum absolute atomic E-state index is 13.6. The molecule has 0 unspecified atom stereocenters. The zero-order valence-electron chi connectivity index (χ0n) is 8.76. The molecule has 0 aliphatic carbocycles. The maximum atomic E-state index is 13.6. The second-order valence-electron chi connectivity index (χ2n) is 3.58. The Bertz CT molecular complexity index is 466. The monoisotopic (exact) mass is 254 g/mol. The number of nitrogens with zero attached hydrogens (tertiary/aromatic N) is 1. The van der Waals surface area contributed by atoms with Gasteiger partial charge in [0.05, 0.1) is 18.3 Å². The van der Waals surface area contributed by atoms with Gasteiger partial charge < -0.3 is 14.8 Å². The summed E-state index contributed by atoms with van der Waals surface area (Å²) in [6.45, 7) is -0.509. The van der Waals surface area contributed by atoms with E-state index in [2.05, 4.69) is 0 Å². The highest BCUT2D eigenvalue weighted by Crippen LogP contribution is 2.39. The first-order chi connectivity index (χ1) is 8.09. The SMILES string of the molecule is O=C([O-])CN1C(=O)CS[C@H]1c1ccccc1F. The molecule has 1 aliphatic heterocycles. The molecule has 2 rings (SSSR count). The number of thioether (sulfide) groups is 1. The number of hydrogen-bond donors (Lipinski definition) is 0. The van der Waals surface area contributed by atoms with Crippen LogP contribution in [-0.4, -0.2) is 29.1 Å². The lowest BCUT2D eigenvalue weighted by Crippen LogP contribution is -2.40. The zero-order valence-corrected chi connectivity index (χ0v) is 9.58. The van der Waals surface area contributed by atoms with Crippen LogP contribution in [0.1, 0.15) is 10.9 Å². The molecule has 0 bridgehead atoms. The van der Waals surface area contributed by atoms with Crippen molar-refractivity contribution in [1.82, 2.24) is 4.90 Å². The molecule has 1 saturated heterocycles. The molecule has 0 saturated carbocycles. The van der Waals surface area contributed by atoms with Gasteiger partial charge in [-0.3, -0.25) is 4.79 Å². The topological polar surface area (TPSA) is 60.4 Å². The Morgan fingerprint density at radius 2 is 2.24 bits per heavy atom. The Morgan fingerprint density at radius 3 is 2.88 bits per heavy atom. The molecule has 1 aromatic carbocycles. The molecule has 1 atom stereocenters. The first-order valence-electron chi connectivity index (χ1n) is 4.95. The van der Waals surface area contributed by atoms with E-state index in [4.69, 9.17) is 0 Å². The summed E-state index contributed by atoms with van der Waals surface area (Å²) in [5, 5.41) is 9.97. The molecule has 1 aliphatic rings.